The van der Waals surface area contributed by atoms with Crippen molar-refractivity contribution < 1.29 is 14.6 Å². The van der Waals surface area contributed by atoms with Gasteiger partial charge >= 0.3 is 5.97 Å². The molecule has 0 aliphatic heterocycles. The van der Waals surface area contributed by atoms with E-state index in [1.807, 2.05) is 26.0 Å². The van der Waals surface area contributed by atoms with Crippen LogP contribution < -0.4 is 10.3 Å². The second kappa shape index (κ2) is 8.30. The maximum Gasteiger partial charge on any atom is 0.309 e. The highest BCUT2D eigenvalue weighted by molar-refractivity contribution is 5.74. The Hall–Kier alpha value is -3.16. The summed E-state index contributed by atoms with van der Waals surface area (Å²) in [5.74, 6) is 0.800. The van der Waals surface area contributed by atoms with Crippen molar-refractivity contribution in [1.82, 2.24) is 19.6 Å². The topological polar surface area (TPSA) is 110 Å². The average Bonchev–Trinajstić information content (AvgIpc) is 2.99. The predicted octanol–water partition coefficient (Wildman–Crippen LogP) is 3.40. The van der Waals surface area contributed by atoms with Gasteiger partial charge in [-0.05, 0) is 58.2 Å². The third kappa shape index (κ3) is 4.08. The molecule has 160 valence electrons. The molecule has 0 atom stereocenters. The lowest BCUT2D eigenvalue weighted by Crippen LogP contribution is -2.26. The van der Waals surface area contributed by atoms with Crippen molar-refractivity contribution in [2.75, 3.05) is 6.61 Å². The number of nitrogens with zero attached hydrogens (tertiary/aromatic N) is 3. The summed E-state index contributed by atoms with van der Waals surface area (Å²) in [5, 5.41) is 14.1. The lowest BCUT2D eigenvalue weighted by atomic mass is 9.85. The van der Waals surface area contributed by atoms with Gasteiger partial charge < -0.3 is 14.8 Å². The molecule has 8 heteroatoms. The van der Waals surface area contributed by atoms with Gasteiger partial charge in [-0.2, -0.15) is 0 Å². The van der Waals surface area contributed by atoms with Crippen LogP contribution in [0.1, 0.15) is 51.2 Å². The zero-order chi connectivity index (χ0) is 22.1. The van der Waals surface area contributed by atoms with E-state index in [0.29, 0.717) is 47.8 Å². The molecule has 0 aliphatic carbocycles. The van der Waals surface area contributed by atoms with E-state index in [9.17, 15) is 14.7 Å². The molecule has 0 aliphatic rings. The molecule has 0 fully saturated rings. The van der Waals surface area contributed by atoms with Gasteiger partial charge in [0.1, 0.15) is 11.6 Å². The molecule has 3 aromatic rings. The number of aromatic nitrogens is 4. The van der Waals surface area contributed by atoms with E-state index >= 15 is 0 Å². The first-order valence-corrected chi connectivity index (χ1v) is 10.2. The number of H-pyrrole nitrogens is 1. The van der Waals surface area contributed by atoms with Gasteiger partial charge in [-0.15, -0.1) is 5.10 Å². The molecule has 8 nitrogen and oxygen atoms in total. The number of carboxylic acid groups (broad SMARTS) is 1. The van der Waals surface area contributed by atoms with Crippen molar-refractivity contribution in [3.05, 3.63) is 45.6 Å². The fourth-order valence-electron chi connectivity index (χ4n) is 3.48. The van der Waals surface area contributed by atoms with Crippen LogP contribution in [-0.2, 0) is 17.6 Å². The van der Waals surface area contributed by atoms with E-state index < -0.39 is 11.4 Å². The summed E-state index contributed by atoms with van der Waals surface area (Å²) < 4.78 is 7.36. The zero-order valence-corrected chi connectivity index (χ0v) is 18.1. The molecular formula is C22H28N4O4. The predicted molar refractivity (Wildman–Crippen MR) is 114 cm³/mol. The lowest BCUT2D eigenvalue weighted by molar-refractivity contribution is -0.146. The van der Waals surface area contributed by atoms with Crippen LogP contribution in [0.4, 0.5) is 0 Å². The summed E-state index contributed by atoms with van der Waals surface area (Å²) in [6, 6.07) is 5.48. The highest BCUT2D eigenvalue weighted by atomic mass is 16.5. The smallest absolute Gasteiger partial charge is 0.309 e. The molecular weight excluding hydrogens is 384 g/mol. The molecule has 0 bridgehead atoms. The van der Waals surface area contributed by atoms with Crippen LogP contribution in [0.5, 0.6) is 5.75 Å². The molecule has 2 aromatic heterocycles. The minimum atomic E-state index is -0.926. The molecule has 30 heavy (non-hydrogen) atoms. The Morgan fingerprint density at radius 1 is 1.30 bits per heavy atom. The number of benzene rings is 1. The standard InChI is InChI=1S/C22H28N4O4/c1-6-8-17-23-13(3)18-20(27)24-19(25-26(17)18)15-11-14(9-10-16(15)30-7-2)12-22(4,5)21(28)29/h9-11H,6-8,12H2,1-5H3,(H,28,29)(H,24,25,27). The third-order valence-electron chi connectivity index (χ3n) is 5.04. The van der Waals surface area contributed by atoms with Gasteiger partial charge in [-0.1, -0.05) is 13.0 Å². The second-order valence-corrected chi connectivity index (χ2v) is 8.06. The van der Waals surface area contributed by atoms with Crippen LogP contribution in [0.3, 0.4) is 0 Å². The molecule has 3 rings (SSSR count). The van der Waals surface area contributed by atoms with Crippen molar-refractivity contribution in [1.29, 1.82) is 0 Å². The number of imidazole rings is 1. The summed E-state index contributed by atoms with van der Waals surface area (Å²) in [4.78, 5) is 31.7. The van der Waals surface area contributed by atoms with E-state index in [0.717, 1.165) is 17.8 Å². The van der Waals surface area contributed by atoms with E-state index in [-0.39, 0.29) is 5.56 Å². The molecule has 0 saturated heterocycles. The van der Waals surface area contributed by atoms with Crippen LogP contribution in [0.2, 0.25) is 0 Å². The molecule has 0 spiro atoms. The fourth-order valence-corrected chi connectivity index (χ4v) is 3.48. The van der Waals surface area contributed by atoms with E-state index in [1.54, 1.807) is 31.4 Å². The highest BCUT2D eigenvalue weighted by Crippen LogP contribution is 2.31. The van der Waals surface area contributed by atoms with Crippen molar-refractivity contribution in [2.45, 2.75) is 53.9 Å². The number of carbonyl (C=O) groups is 1. The first kappa shape index (κ1) is 21.5. The summed E-state index contributed by atoms with van der Waals surface area (Å²) in [7, 11) is 0. The molecule has 2 N–H and O–H groups in total. The first-order chi connectivity index (χ1) is 14.2. The molecule has 0 unspecified atom stereocenters. The number of hydrogen-bond donors (Lipinski definition) is 2. The Morgan fingerprint density at radius 3 is 2.67 bits per heavy atom. The maximum absolute atomic E-state index is 12.8. The zero-order valence-electron chi connectivity index (χ0n) is 18.1. The van der Waals surface area contributed by atoms with Crippen LogP contribution in [0.15, 0.2) is 23.0 Å². The molecule has 0 amide bonds. The Morgan fingerprint density at radius 2 is 2.03 bits per heavy atom. The Bertz CT molecular complexity index is 1140. The normalized spacial score (nSPS) is 11.8. The number of hydrogen-bond acceptors (Lipinski definition) is 5. The van der Waals surface area contributed by atoms with Gasteiger partial charge in [-0.25, -0.2) is 9.50 Å². The summed E-state index contributed by atoms with van der Waals surface area (Å²) in [5.41, 5.74) is 1.31. The largest absolute Gasteiger partial charge is 0.493 e. The summed E-state index contributed by atoms with van der Waals surface area (Å²) >= 11 is 0. The second-order valence-electron chi connectivity index (χ2n) is 8.06. The molecule has 0 radical (unpaired) electrons. The van der Waals surface area contributed by atoms with Gasteiger partial charge in [0.2, 0.25) is 0 Å². The summed E-state index contributed by atoms with van der Waals surface area (Å²) in [6.07, 6.45) is 1.92. The first-order valence-electron chi connectivity index (χ1n) is 10.2. The highest BCUT2D eigenvalue weighted by Gasteiger charge is 2.28. The molecule has 2 heterocycles. The fraction of sp³-hybridized carbons (Fsp3) is 0.455. The minimum Gasteiger partial charge on any atom is -0.493 e. The van der Waals surface area contributed by atoms with Crippen LogP contribution in [0, 0.1) is 12.3 Å². The van der Waals surface area contributed by atoms with E-state index in [2.05, 4.69) is 15.1 Å². The number of aliphatic carboxylic acids is 1. The van der Waals surface area contributed by atoms with Crippen LogP contribution >= 0.6 is 0 Å². The quantitative estimate of drug-likeness (QED) is 0.587. The maximum atomic E-state index is 12.8. The Kier molecular flexibility index (Phi) is 5.96. The van der Waals surface area contributed by atoms with Crippen LogP contribution in [-0.4, -0.2) is 37.3 Å². The van der Waals surface area contributed by atoms with E-state index in [4.69, 9.17) is 4.74 Å². The Balaban J connectivity index is 2.18. The van der Waals surface area contributed by atoms with Crippen molar-refractivity contribution in [2.24, 2.45) is 5.41 Å². The Labute approximate surface area is 174 Å². The van der Waals surface area contributed by atoms with Gasteiger partial charge in [0.15, 0.2) is 11.3 Å². The number of ether oxygens (including phenoxy) is 1. The van der Waals surface area contributed by atoms with Gasteiger partial charge in [0.25, 0.3) is 5.56 Å². The number of nitrogens with one attached hydrogen (secondary N) is 1. The average molecular weight is 412 g/mol. The lowest BCUT2D eigenvalue weighted by Gasteiger charge is -2.20. The number of fused-ring (bicyclic) bond motifs is 1. The molecule has 0 saturated carbocycles. The number of carboxylic acids is 1. The monoisotopic (exact) mass is 412 g/mol. The molecule has 1 aromatic carbocycles. The van der Waals surface area contributed by atoms with Gasteiger partial charge in [0, 0.05) is 6.42 Å². The number of aromatic amines is 1. The number of rotatable bonds is 8. The SMILES string of the molecule is CCCc1nc(C)c2c(=O)[nH]c(-c3cc(CC(C)(C)C(=O)O)ccc3OCC)nn12. The summed E-state index contributed by atoms with van der Waals surface area (Å²) in [6.45, 7) is 9.54. The van der Waals surface area contributed by atoms with Crippen molar-refractivity contribution in [3.63, 3.8) is 0 Å². The van der Waals surface area contributed by atoms with E-state index in [1.165, 1.54) is 0 Å². The number of aryl methyl sites for hydroxylation is 2. The third-order valence-corrected chi connectivity index (χ3v) is 5.04. The van der Waals surface area contributed by atoms with Crippen LogP contribution in [0.25, 0.3) is 16.9 Å². The van der Waals surface area contributed by atoms with Crippen molar-refractivity contribution >= 4 is 11.5 Å². The van der Waals surface area contributed by atoms with Crippen molar-refractivity contribution in [3.8, 4) is 17.1 Å². The van der Waals surface area contributed by atoms with Gasteiger partial charge in [-0.3, -0.25) is 9.59 Å². The minimum absolute atomic E-state index is 0.272. The van der Waals surface area contributed by atoms with Gasteiger partial charge in [0.05, 0.1) is 23.3 Å².